The molecule has 0 bridgehead atoms. The average Bonchev–Trinajstić information content (AvgIpc) is 2.84. The van der Waals surface area contributed by atoms with Crippen LogP contribution in [-0.2, 0) is 0 Å². The molecule has 2 heteroatoms. The van der Waals surface area contributed by atoms with Crippen LogP contribution in [0.25, 0.3) is 21.7 Å². The molecular formula is C31H46N2. The van der Waals surface area contributed by atoms with E-state index in [9.17, 15) is 0 Å². The Labute approximate surface area is 202 Å². The van der Waals surface area contributed by atoms with Gasteiger partial charge in [0.15, 0.2) is 0 Å². The Morgan fingerprint density at radius 2 is 1.12 bits per heavy atom. The van der Waals surface area contributed by atoms with Crippen molar-refractivity contribution in [2.45, 2.75) is 110 Å². The van der Waals surface area contributed by atoms with Crippen molar-refractivity contribution in [3.63, 3.8) is 0 Å². The first kappa shape index (κ1) is 25.5. The van der Waals surface area contributed by atoms with E-state index in [2.05, 4.69) is 59.7 Å². The highest BCUT2D eigenvalue weighted by molar-refractivity contribution is 6.01. The van der Waals surface area contributed by atoms with Crippen molar-refractivity contribution in [2.24, 2.45) is 0 Å². The highest BCUT2D eigenvalue weighted by Crippen LogP contribution is 2.27. The topological polar surface area (TPSA) is 24.9 Å². The molecule has 3 aromatic rings. The van der Waals surface area contributed by atoms with Gasteiger partial charge in [-0.2, -0.15) is 0 Å². The van der Waals surface area contributed by atoms with E-state index in [0.717, 1.165) is 12.1 Å². The van der Waals surface area contributed by atoms with E-state index >= 15 is 0 Å². The first-order valence-electron chi connectivity index (χ1n) is 13.9. The summed E-state index contributed by atoms with van der Waals surface area (Å²) in [5, 5.41) is 7.43. The number of hydrogen-bond donors (Lipinski definition) is 1. The molecule has 2 nitrogen and oxygen atoms in total. The fourth-order valence-corrected chi connectivity index (χ4v) is 4.88. The fraction of sp³-hybridized carbons (Fsp3) is 0.581. The predicted molar refractivity (Wildman–Crippen MR) is 147 cm³/mol. The molecule has 0 aliphatic rings. The van der Waals surface area contributed by atoms with E-state index in [-0.39, 0.29) is 0 Å². The molecule has 0 spiro atoms. The molecule has 0 saturated carbocycles. The molecule has 0 aliphatic carbocycles. The average molecular weight is 447 g/mol. The van der Waals surface area contributed by atoms with E-state index in [1.54, 1.807) is 0 Å². The summed E-state index contributed by atoms with van der Waals surface area (Å²) in [6.07, 6.45) is 24.6. The molecule has 180 valence electrons. The van der Waals surface area contributed by atoms with Crippen molar-refractivity contribution in [3.05, 3.63) is 48.7 Å². The van der Waals surface area contributed by atoms with Gasteiger partial charge in [-0.15, -0.1) is 0 Å². The Kier molecular flexibility index (Phi) is 12.1. The van der Waals surface area contributed by atoms with E-state index in [1.807, 2.05) is 6.20 Å². The van der Waals surface area contributed by atoms with Crippen molar-refractivity contribution in [3.8, 4) is 0 Å². The quantitative estimate of drug-likeness (QED) is 0.155. The lowest BCUT2D eigenvalue weighted by atomic mass is 10.0. The zero-order chi connectivity index (χ0) is 23.0. The smallest absolute Gasteiger partial charge is 0.0729 e. The van der Waals surface area contributed by atoms with E-state index in [1.165, 1.54) is 125 Å². The Balaban J connectivity index is 1.19. The van der Waals surface area contributed by atoms with Crippen molar-refractivity contribution in [1.82, 2.24) is 4.98 Å². The molecule has 1 aromatic heterocycles. The minimum Gasteiger partial charge on any atom is -0.384 e. The van der Waals surface area contributed by atoms with Gasteiger partial charge in [0.25, 0.3) is 0 Å². The van der Waals surface area contributed by atoms with Gasteiger partial charge in [0.05, 0.1) is 5.52 Å². The molecule has 0 fully saturated rings. The van der Waals surface area contributed by atoms with Crippen LogP contribution in [0.5, 0.6) is 0 Å². The maximum Gasteiger partial charge on any atom is 0.0729 e. The van der Waals surface area contributed by atoms with E-state index < -0.39 is 0 Å². The highest BCUT2D eigenvalue weighted by atomic mass is 14.9. The zero-order valence-corrected chi connectivity index (χ0v) is 21.1. The summed E-state index contributed by atoms with van der Waals surface area (Å²) < 4.78 is 0. The lowest BCUT2D eigenvalue weighted by Gasteiger charge is -2.10. The monoisotopic (exact) mass is 446 g/mol. The zero-order valence-electron chi connectivity index (χ0n) is 21.1. The standard InChI is InChI=1S/C31H46N2/c1-2-3-4-5-6-7-8-9-10-11-12-13-14-15-16-19-23-32-30-22-24-33-31-26-28-21-18-17-20-27(28)25-29(30)31/h17-18,20-22,24-26H,2-16,19,23H2,1H3,(H,32,33). The summed E-state index contributed by atoms with van der Waals surface area (Å²) in [5.74, 6) is 0. The number of pyridine rings is 1. The van der Waals surface area contributed by atoms with Crippen molar-refractivity contribution in [1.29, 1.82) is 0 Å². The number of unbranched alkanes of at least 4 members (excludes halogenated alkanes) is 15. The third-order valence-corrected chi connectivity index (χ3v) is 6.95. The molecule has 33 heavy (non-hydrogen) atoms. The summed E-state index contributed by atoms with van der Waals surface area (Å²) >= 11 is 0. The van der Waals surface area contributed by atoms with Gasteiger partial charge in [0, 0.05) is 23.8 Å². The largest absolute Gasteiger partial charge is 0.384 e. The number of hydrogen-bond acceptors (Lipinski definition) is 2. The van der Waals surface area contributed by atoms with Gasteiger partial charge in [-0.3, -0.25) is 4.98 Å². The number of fused-ring (bicyclic) bond motifs is 2. The predicted octanol–water partition coefficient (Wildman–Crippen LogP) is 10.1. The minimum atomic E-state index is 1.05. The van der Waals surface area contributed by atoms with Crippen LogP contribution in [-0.4, -0.2) is 11.5 Å². The van der Waals surface area contributed by atoms with Gasteiger partial charge in [-0.05, 0) is 35.4 Å². The normalized spacial score (nSPS) is 11.4. The number of nitrogens with zero attached hydrogens (tertiary/aromatic N) is 1. The Bertz CT molecular complexity index is 917. The number of aromatic nitrogens is 1. The number of benzene rings is 2. The Hall–Kier alpha value is -2.09. The summed E-state index contributed by atoms with van der Waals surface area (Å²) in [7, 11) is 0. The van der Waals surface area contributed by atoms with Gasteiger partial charge in [0.2, 0.25) is 0 Å². The second kappa shape index (κ2) is 15.7. The van der Waals surface area contributed by atoms with Gasteiger partial charge >= 0.3 is 0 Å². The highest BCUT2D eigenvalue weighted by Gasteiger charge is 2.04. The van der Waals surface area contributed by atoms with Crippen LogP contribution in [0.3, 0.4) is 0 Å². The van der Waals surface area contributed by atoms with Gasteiger partial charge in [-0.1, -0.05) is 128 Å². The molecule has 1 heterocycles. The molecule has 2 aromatic carbocycles. The third-order valence-electron chi connectivity index (χ3n) is 6.95. The number of anilines is 1. The second-order valence-corrected chi connectivity index (χ2v) is 9.81. The number of nitrogens with one attached hydrogen (secondary N) is 1. The lowest BCUT2D eigenvalue weighted by Crippen LogP contribution is -2.02. The van der Waals surface area contributed by atoms with Crippen LogP contribution in [0.4, 0.5) is 5.69 Å². The first-order valence-corrected chi connectivity index (χ1v) is 13.9. The molecule has 0 saturated heterocycles. The Morgan fingerprint density at radius 3 is 1.70 bits per heavy atom. The molecule has 0 aliphatic heterocycles. The molecule has 0 amide bonds. The summed E-state index contributed by atoms with van der Waals surface area (Å²) in [6, 6.07) is 15.1. The van der Waals surface area contributed by atoms with E-state index in [0.29, 0.717) is 0 Å². The van der Waals surface area contributed by atoms with Gasteiger partial charge in [0.1, 0.15) is 0 Å². The van der Waals surface area contributed by atoms with Crippen LogP contribution in [0, 0.1) is 0 Å². The van der Waals surface area contributed by atoms with Crippen molar-refractivity contribution < 1.29 is 0 Å². The maximum atomic E-state index is 4.58. The van der Waals surface area contributed by atoms with Crippen LogP contribution >= 0.6 is 0 Å². The van der Waals surface area contributed by atoms with Crippen molar-refractivity contribution in [2.75, 3.05) is 11.9 Å². The van der Waals surface area contributed by atoms with E-state index in [4.69, 9.17) is 0 Å². The minimum absolute atomic E-state index is 1.05. The summed E-state index contributed by atoms with van der Waals surface area (Å²) in [4.78, 5) is 4.58. The molecule has 0 atom stereocenters. The van der Waals surface area contributed by atoms with Crippen LogP contribution in [0.1, 0.15) is 110 Å². The van der Waals surface area contributed by atoms with Crippen LogP contribution < -0.4 is 5.32 Å². The molecule has 1 N–H and O–H groups in total. The first-order chi connectivity index (χ1) is 16.4. The molecule has 3 rings (SSSR count). The summed E-state index contributed by atoms with van der Waals surface area (Å²) in [5.41, 5.74) is 2.29. The van der Waals surface area contributed by atoms with Crippen LogP contribution in [0.2, 0.25) is 0 Å². The lowest BCUT2D eigenvalue weighted by molar-refractivity contribution is 0.530. The molecule has 0 radical (unpaired) electrons. The molecule has 0 unspecified atom stereocenters. The SMILES string of the molecule is CCCCCCCCCCCCCCCCCCNc1ccnc2cc3ccccc3cc12. The van der Waals surface area contributed by atoms with Gasteiger partial charge < -0.3 is 5.32 Å². The molecular weight excluding hydrogens is 400 g/mol. The maximum absolute atomic E-state index is 4.58. The number of rotatable bonds is 18. The van der Waals surface area contributed by atoms with Crippen LogP contribution in [0.15, 0.2) is 48.7 Å². The second-order valence-electron chi connectivity index (χ2n) is 9.81. The fourth-order valence-electron chi connectivity index (χ4n) is 4.88. The Morgan fingerprint density at radius 1 is 0.606 bits per heavy atom. The summed E-state index contributed by atoms with van der Waals surface area (Å²) in [6.45, 7) is 3.34. The third kappa shape index (κ3) is 9.35. The van der Waals surface area contributed by atoms with Crippen molar-refractivity contribution >= 4 is 27.4 Å². The van der Waals surface area contributed by atoms with Gasteiger partial charge in [-0.25, -0.2) is 0 Å².